The Hall–Kier alpha value is -0.570. The SMILES string of the molecule is CNC1CC(C)NC(NC2CC3CCCOC3C(C3=CCN[C@@H](C)CC3)C2F)N1. The number of nitrogens with one attached hydrogen (secondary N) is 5. The summed E-state index contributed by atoms with van der Waals surface area (Å²) in [6, 6.07) is 0.704. The van der Waals surface area contributed by atoms with Gasteiger partial charge in [-0.2, -0.15) is 0 Å². The molecule has 166 valence electrons. The van der Waals surface area contributed by atoms with Crippen LogP contribution >= 0.6 is 0 Å². The van der Waals surface area contributed by atoms with Crippen LogP contribution in [0.2, 0.25) is 0 Å². The monoisotopic (exact) mass is 409 g/mol. The number of hydrogen-bond donors (Lipinski definition) is 5. The fourth-order valence-electron chi connectivity index (χ4n) is 5.79. The third-order valence-electron chi connectivity index (χ3n) is 7.39. The van der Waals surface area contributed by atoms with E-state index in [1.54, 1.807) is 0 Å². The first-order valence-corrected chi connectivity index (χ1v) is 11.7. The van der Waals surface area contributed by atoms with E-state index in [1.165, 1.54) is 5.57 Å². The maximum atomic E-state index is 16.1. The molecule has 1 saturated carbocycles. The summed E-state index contributed by atoms with van der Waals surface area (Å²) < 4.78 is 22.3. The molecule has 0 aromatic rings. The van der Waals surface area contributed by atoms with Crippen LogP contribution in [0.3, 0.4) is 0 Å². The number of fused-ring (bicyclic) bond motifs is 1. The van der Waals surface area contributed by atoms with E-state index in [0.717, 1.165) is 51.7 Å². The van der Waals surface area contributed by atoms with Crippen LogP contribution in [-0.4, -0.2) is 63.1 Å². The van der Waals surface area contributed by atoms with Crippen molar-refractivity contribution in [1.82, 2.24) is 26.6 Å². The Labute approximate surface area is 175 Å². The van der Waals surface area contributed by atoms with Gasteiger partial charge < -0.3 is 15.4 Å². The molecule has 8 unspecified atom stereocenters. The third kappa shape index (κ3) is 5.02. The molecule has 0 spiro atoms. The lowest BCUT2D eigenvalue weighted by atomic mass is 9.68. The predicted molar refractivity (Wildman–Crippen MR) is 114 cm³/mol. The molecule has 0 amide bonds. The van der Waals surface area contributed by atoms with E-state index in [9.17, 15) is 0 Å². The lowest BCUT2D eigenvalue weighted by molar-refractivity contribution is -0.105. The second kappa shape index (κ2) is 9.71. The third-order valence-corrected chi connectivity index (χ3v) is 7.39. The van der Waals surface area contributed by atoms with E-state index in [2.05, 4.69) is 46.5 Å². The fraction of sp³-hybridized carbons (Fsp3) is 0.909. The van der Waals surface area contributed by atoms with Crippen LogP contribution in [0.15, 0.2) is 11.6 Å². The molecular formula is C22H40FN5O. The topological polar surface area (TPSA) is 69.4 Å². The largest absolute Gasteiger partial charge is 0.377 e. The van der Waals surface area contributed by atoms with Crippen molar-refractivity contribution in [2.75, 3.05) is 20.2 Å². The zero-order valence-electron chi connectivity index (χ0n) is 18.2. The molecule has 3 aliphatic heterocycles. The molecule has 0 bridgehead atoms. The van der Waals surface area contributed by atoms with Crippen LogP contribution in [0.1, 0.15) is 52.4 Å². The molecule has 1 aliphatic carbocycles. The first-order valence-electron chi connectivity index (χ1n) is 11.7. The Bertz CT molecular complexity index is 575. The van der Waals surface area contributed by atoms with Crippen molar-refractivity contribution >= 4 is 0 Å². The van der Waals surface area contributed by atoms with Crippen LogP contribution in [0.4, 0.5) is 4.39 Å². The molecule has 9 atom stereocenters. The minimum absolute atomic E-state index is 0.0349. The molecule has 6 nitrogen and oxygen atoms in total. The summed E-state index contributed by atoms with van der Waals surface area (Å²) in [6.45, 7) is 6.01. The first kappa shape index (κ1) is 21.7. The normalized spacial score (nSPS) is 46.5. The van der Waals surface area contributed by atoms with E-state index >= 15 is 4.39 Å². The molecule has 7 heteroatoms. The number of hydrogen-bond acceptors (Lipinski definition) is 6. The highest BCUT2D eigenvalue weighted by Gasteiger charge is 2.48. The number of halogens is 1. The summed E-state index contributed by atoms with van der Waals surface area (Å²) in [7, 11) is 1.97. The maximum absolute atomic E-state index is 16.1. The van der Waals surface area contributed by atoms with Crippen molar-refractivity contribution in [3.05, 3.63) is 11.6 Å². The van der Waals surface area contributed by atoms with Gasteiger partial charge >= 0.3 is 0 Å². The van der Waals surface area contributed by atoms with Crippen LogP contribution in [0.5, 0.6) is 0 Å². The van der Waals surface area contributed by atoms with Gasteiger partial charge in [-0.15, -0.1) is 0 Å². The van der Waals surface area contributed by atoms with Gasteiger partial charge in [0.15, 0.2) is 0 Å². The van der Waals surface area contributed by atoms with Crippen LogP contribution in [0.25, 0.3) is 0 Å². The minimum atomic E-state index is -0.928. The second-order valence-electron chi connectivity index (χ2n) is 9.59. The summed E-state index contributed by atoms with van der Waals surface area (Å²) >= 11 is 0. The Morgan fingerprint density at radius 2 is 2.00 bits per heavy atom. The van der Waals surface area contributed by atoms with Crippen molar-refractivity contribution in [3.8, 4) is 0 Å². The summed E-state index contributed by atoms with van der Waals surface area (Å²) in [5.74, 6) is 0.314. The molecule has 29 heavy (non-hydrogen) atoms. The number of alkyl halides is 1. The minimum Gasteiger partial charge on any atom is -0.377 e. The van der Waals surface area contributed by atoms with Crippen molar-refractivity contribution < 1.29 is 9.13 Å². The quantitative estimate of drug-likeness (QED) is 0.455. The maximum Gasteiger partial charge on any atom is 0.124 e. The number of ether oxygens (including phenoxy) is 1. The fourth-order valence-corrected chi connectivity index (χ4v) is 5.79. The number of rotatable bonds is 4. The van der Waals surface area contributed by atoms with Gasteiger partial charge in [-0.3, -0.25) is 16.0 Å². The van der Waals surface area contributed by atoms with Gasteiger partial charge in [0.2, 0.25) is 0 Å². The zero-order valence-corrected chi connectivity index (χ0v) is 18.2. The van der Waals surface area contributed by atoms with Crippen molar-refractivity contribution in [1.29, 1.82) is 0 Å². The van der Waals surface area contributed by atoms with Gasteiger partial charge in [-0.1, -0.05) is 11.6 Å². The molecule has 4 aliphatic rings. The van der Waals surface area contributed by atoms with E-state index in [4.69, 9.17) is 4.74 Å². The standard InChI is InChI=1S/C22H40FN5O/c1-13-6-7-15(8-9-25-13)19-20(23)17(12-16-5-4-10-29-21(16)19)27-22-26-14(2)11-18(24-3)28-22/h8,13-14,16-22,24-28H,4-7,9-12H2,1-3H3/t13-,14?,16?,17?,18?,19?,20?,21?,22?/m0/s1. The van der Waals surface area contributed by atoms with Crippen LogP contribution < -0.4 is 26.6 Å². The highest BCUT2D eigenvalue weighted by Crippen LogP contribution is 2.43. The van der Waals surface area contributed by atoms with E-state index < -0.39 is 6.17 Å². The second-order valence-corrected chi connectivity index (χ2v) is 9.59. The van der Waals surface area contributed by atoms with Gasteiger partial charge in [0, 0.05) is 37.2 Å². The summed E-state index contributed by atoms with van der Waals surface area (Å²) in [5, 5.41) is 17.5. The molecule has 3 fully saturated rings. The van der Waals surface area contributed by atoms with Crippen molar-refractivity contribution in [3.63, 3.8) is 0 Å². The van der Waals surface area contributed by atoms with Crippen molar-refractivity contribution in [2.24, 2.45) is 11.8 Å². The predicted octanol–water partition coefficient (Wildman–Crippen LogP) is 1.60. The van der Waals surface area contributed by atoms with Crippen LogP contribution in [-0.2, 0) is 4.74 Å². The van der Waals surface area contributed by atoms with Gasteiger partial charge in [0.05, 0.1) is 12.3 Å². The van der Waals surface area contributed by atoms with E-state index in [1.807, 2.05) is 7.05 Å². The molecule has 0 radical (unpaired) electrons. The van der Waals surface area contributed by atoms with E-state index in [-0.39, 0.29) is 30.5 Å². The Balaban J connectivity index is 1.50. The Kier molecular flexibility index (Phi) is 7.25. The Morgan fingerprint density at radius 1 is 1.14 bits per heavy atom. The van der Waals surface area contributed by atoms with E-state index in [0.29, 0.717) is 18.0 Å². The molecule has 0 aromatic heterocycles. The molecule has 0 aromatic carbocycles. The first-order chi connectivity index (χ1) is 14.0. The van der Waals surface area contributed by atoms with Gasteiger partial charge in [0.1, 0.15) is 12.5 Å². The summed E-state index contributed by atoms with van der Waals surface area (Å²) in [5.41, 5.74) is 1.27. The zero-order chi connectivity index (χ0) is 20.4. The molecule has 4 rings (SSSR count). The summed E-state index contributed by atoms with van der Waals surface area (Å²) in [6.07, 6.45) is 7.65. The van der Waals surface area contributed by atoms with Gasteiger partial charge in [-0.05, 0) is 65.3 Å². The summed E-state index contributed by atoms with van der Waals surface area (Å²) in [4.78, 5) is 0. The average Bonchev–Trinajstić information content (AvgIpc) is 2.92. The smallest absolute Gasteiger partial charge is 0.124 e. The molecule has 5 N–H and O–H groups in total. The van der Waals surface area contributed by atoms with Gasteiger partial charge in [0.25, 0.3) is 0 Å². The van der Waals surface area contributed by atoms with Crippen molar-refractivity contribution in [2.45, 2.75) is 95.2 Å². The molecule has 3 heterocycles. The van der Waals surface area contributed by atoms with Crippen LogP contribution in [0, 0.1) is 11.8 Å². The van der Waals surface area contributed by atoms with Gasteiger partial charge in [-0.25, -0.2) is 4.39 Å². The highest BCUT2D eigenvalue weighted by atomic mass is 19.1. The lowest BCUT2D eigenvalue weighted by Crippen LogP contribution is -2.69. The average molecular weight is 410 g/mol. The Morgan fingerprint density at radius 3 is 2.83 bits per heavy atom. The lowest BCUT2D eigenvalue weighted by Gasteiger charge is -2.49. The molecular weight excluding hydrogens is 369 g/mol. The molecule has 2 saturated heterocycles. The highest BCUT2D eigenvalue weighted by molar-refractivity contribution is 5.18.